The summed E-state index contributed by atoms with van der Waals surface area (Å²) in [5, 5.41) is 6.65. The van der Waals surface area contributed by atoms with Crippen molar-refractivity contribution in [3.05, 3.63) is 57.4 Å². The summed E-state index contributed by atoms with van der Waals surface area (Å²) in [7, 11) is 0. The molecule has 0 saturated carbocycles. The van der Waals surface area contributed by atoms with Crippen LogP contribution in [-0.2, 0) is 6.54 Å². The molecule has 3 N–H and O–H groups in total. The minimum absolute atomic E-state index is 0.251. The van der Waals surface area contributed by atoms with Crippen molar-refractivity contribution in [3.63, 3.8) is 0 Å². The Morgan fingerprint density at radius 2 is 2.22 bits per heavy atom. The summed E-state index contributed by atoms with van der Waals surface area (Å²) in [6.45, 7) is 12.3. The zero-order valence-corrected chi connectivity index (χ0v) is 15.1. The number of H-pyrrole nitrogens is 1. The fourth-order valence-corrected chi connectivity index (χ4v) is 3.44. The number of benzene rings is 1. The Balaban J connectivity index is 1.68. The second-order valence-corrected chi connectivity index (χ2v) is 6.83. The zero-order valence-electron chi connectivity index (χ0n) is 15.1. The molecule has 0 aliphatic carbocycles. The highest BCUT2D eigenvalue weighted by atomic mass is 16.1. The van der Waals surface area contributed by atoms with Gasteiger partial charge in [-0.25, -0.2) is 14.6 Å². The molecule has 1 aliphatic heterocycles. The van der Waals surface area contributed by atoms with Crippen LogP contribution in [0.2, 0.25) is 0 Å². The third-order valence-electron chi connectivity index (χ3n) is 4.96. The van der Waals surface area contributed by atoms with Gasteiger partial charge in [0.2, 0.25) is 5.95 Å². The average Bonchev–Trinajstić information content (AvgIpc) is 3.30. The predicted molar refractivity (Wildman–Crippen MR) is 104 cm³/mol. The largest absolute Gasteiger partial charge is 0.354 e. The van der Waals surface area contributed by atoms with Crippen molar-refractivity contribution >= 4 is 22.8 Å². The highest BCUT2D eigenvalue weighted by Gasteiger charge is 2.17. The van der Waals surface area contributed by atoms with Crippen molar-refractivity contribution in [2.24, 2.45) is 5.92 Å². The van der Waals surface area contributed by atoms with Gasteiger partial charge in [-0.2, -0.15) is 4.98 Å². The molecule has 1 aliphatic rings. The number of para-hydroxylation sites is 1. The maximum absolute atomic E-state index is 12.5. The van der Waals surface area contributed by atoms with Crippen LogP contribution in [0.1, 0.15) is 17.7 Å². The molecule has 0 radical (unpaired) electrons. The standard InChI is InChI=1S/C19H21N7O/c1-12-16-17(25-18(23-12)22-10-13-7-8-21-9-13)26(19(27)24-16)11-14-5-3-4-6-15(14)20-2/h3-6,13,21H,7-11H2,1H3,(H,24,27)(H,22,23,25)/t13-/m1/s1. The number of aryl methyl sites for hydroxylation is 1. The molecule has 1 fully saturated rings. The summed E-state index contributed by atoms with van der Waals surface area (Å²) in [4.78, 5) is 28.0. The molecular formula is C19H21N7O. The average molecular weight is 363 g/mol. The van der Waals surface area contributed by atoms with Crippen molar-refractivity contribution in [2.45, 2.75) is 19.9 Å². The van der Waals surface area contributed by atoms with Crippen LogP contribution in [-0.4, -0.2) is 39.2 Å². The van der Waals surface area contributed by atoms with Gasteiger partial charge in [0.05, 0.1) is 12.3 Å². The number of fused-ring (bicyclic) bond motifs is 1. The van der Waals surface area contributed by atoms with Crippen LogP contribution in [0.4, 0.5) is 11.6 Å². The molecule has 0 bridgehead atoms. The van der Waals surface area contributed by atoms with Gasteiger partial charge in [-0.3, -0.25) is 4.57 Å². The van der Waals surface area contributed by atoms with Crippen LogP contribution in [0.5, 0.6) is 0 Å². The van der Waals surface area contributed by atoms with Crippen molar-refractivity contribution in [3.8, 4) is 0 Å². The van der Waals surface area contributed by atoms with E-state index < -0.39 is 0 Å². The van der Waals surface area contributed by atoms with E-state index in [0.717, 1.165) is 37.3 Å². The molecule has 8 nitrogen and oxygen atoms in total. The minimum Gasteiger partial charge on any atom is -0.354 e. The zero-order chi connectivity index (χ0) is 18.8. The van der Waals surface area contributed by atoms with E-state index in [9.17, 15) is 4.79 Å². The highest BCUT2D eigenvalue weighted by molar-refractivity contribution is 5.74. The molecule has 3 heterocycles. The fraction of sp³-hybridized carbons (Fsp3) is 0.368. The first-order valence-corrected chi connectivity index (χ1v) is 9.03. The highest BCUT2D eigenvalue weighted by Crippen LogP contribution is 2.21. The molecule has 27 heavy (non-hydrogen) atoms. The van der Waals surface area contributed by atoms with Gasteiger partial charge in [0.1, 0.15) is 5.52 Å². The fourth-order valence-electron chi connectivity index (χ4n) is 3.44. The van der Waals surface area contributed by atoms with Crippen LogP contribution >= 0.6 is 0 Å². The molecule has 1 aromatic carbocycles. The molecule has 138 valence electrons. The Bertz CT molecular complexity index is 1070. The molecule has 1 saturated heterocycles. The Hall–Kier alpha value is -3.18. The number of hydrogen-bond donors (Lipinski definition) is 3. The van der Waals surface area contributed by atoms with Gasteiger partial charge >= 0.3 is 5.69 Å². The molecule has 0 amide bonds. The summed E-state index contributed by atoms with van der Waals surface area (Å²) < 4.78 is 1.57. The topological polar surface area (TPSA) is 92.0 Å². The SMILES string of the molecule is [C-]#[N+]c1ccccc1Cn1c(=O)[nH]c2c(C)nc(NC[C@@H]3CCNC3)nc21. The van der Waals surface area contributed by atoms with E-state index >= 15 is 0 Å². The van der Waals surface area contributed by atoms with Gasteiger partial charge in [0, 0.05) is 13.1 Å². The number of aromatic nitrogens is 4. The third kappa shape index (κ3) is 3.41. The molecule has 0 spiro atoms. The lowest BCUT2D eigenvalue weighted by atomic mass is 10.1. The lowest BCUT2D eigenvalue weighted by Gasteiger charge is -2.11. The van der Waals surface area contributed by atoms with Crippen LogP contribution in [0.3, 0.4) is 0 Å². The van der Waals surface area contributed by atoms with Gasteiger partial charge in [-0.1, -0.05) is 24.3 Å². The Morgan fingerprint density at radius 1 is 1.37 bits per heavy atom. The smallest absolute Gasteiger partial charge is 0.327 e. The first kappa shape index (κ1) is 17.2. The van der Waals surface area contributed by atoms with Crippen molar-refractivity contribution < 1.29 is 0 Å². The Kier molecular flexibility index (Phi) is 4.60. The number of rotatable bonds is 5. The maximum atomic E-state index is 12.5. The second kappa shape index (κ2) is 7.21. The van der Waals surface area contributed by atoms with E-state index in [1.807, 2.05) is 25.1 Å². The molecule has 2 aromatic heterocycles. The summed E-state index contributed by atoms with van der Waals surface area (Å²) in [6, 6.07) is 7.30. The van der Waals surface area contributed by atoms with E-state index in [0.29, 0.717) is 35.3 Å². The van der Waals surface area contributed by atoms with Crippen LogP contribution in [0.25, 0.3) is 16.0 Å². The van der Waals surface area contributed by atoms with Crippen LogP contribution in [0, 0.1) is 19.4 Å². The maximum Gasteiger partial charge on any atom is 0.327 e. The molecule has 1 atom stereocenters. The van der Waals surface area contributed by atoms with Crippen molar-refractivity contribution in [1.82, 2.24) is 24.8 Å². The molecule has 4 rings (SSSR count). The number of aromatic amines is 1. The lowest BCUT2D eigenvalue weighted by molar-refractivity contribution is 0.613. The number of hydrogen-bond acceptors (Lipinski definition) is 5. The van der Waals surface area contributed by atoms with E-state index in [2.05, 4.69) is 30.4 Å². The normalized spacial score (nSPS) is 16.5. The van der Waals surface area contributed by atoms with Gasteiger partial charge in [-0.15, -0.1) is 0 Å². The number of imidazole rings is 1. The van der Waals surface area contributed by atoms with E-state index in [-0.39, 0.29) is 5.69 Å². The monoisotopic (exact) mass is 363 g/mol. The van der Waals surface area contributed by atoms with Gasteiger partial charge in [0.15, 0.2) is 11.3 Å². The molecule has 3 aromatic rings. The number of nitrogens with zero attached hydrogens (tertiary/aromatic N) is 4. The van der Waals surface area contributed by atoms with Crippen molar-refractivity contribution in [2.75, 3.05) is 25.0 Å². The quantitative estimate of drug-likeness (QED) is 0.604. The van der Waals surface area contributed by atoms with E-state index in [1.54, 1.807) is 10.6 Å². The lowest BCUT2D eigenvalue weighted by Crippen LogP contribution is -2.19. The summed E-state index contributed by atoms with van der Waals surface area (Å²) in [5.74, 6) is 1.08. The van der Waals surface area contributed by atoms with Gasteiger partial charge < -0.3 is 15.6 Å². The molecule has 8 heteroatoms. The molecule has 0 unspecified atom stereocenters. The van der Waals surface area contributed by atoms with E-state index in [4.69, 9.17) is 6.57 Å². The van der Waals surface area contributed by atoms with E-state index in [1.165, 1.54) is 0 Å². The van der Waals surface area contributed by atoms with Crippen molar-refractivity contribution in [1.29, 1.82) is 0 Å². The summed E-state index contributed by atoms with van der Waals surface area (Å²) in [5.41, 5.74) is 2.99. The van der Waals surface area contributed by atoms with Gasteiger partial charge in [0.25, 0.3) is 0 Å². The first-order valence-electron chi connectivity index (χ1n) is 9.03. The minimum atomic E-state index is -0.251. The van der Waals surface area contributed by atoms with Crippen LogP contribution < -0.4 is 16.3 Å². The number of nitrogens with one attached hydrogen (secondary N) is 3. The Labute approximate surface area is 156 Å². The Morgan fingerprint density at radius 3 is 3.00 bits per heavy atom. The second-order valence-electron chi connectivity index (χ2n) is 6.83. The number of anilines is 1. The summed E-state index contributed by atoms with van der Waals surface area (Å²) >= 11 is 0. The predicted octanol–water partition coefficient (Wildman–Crippen LogP) is 2.05. The van der Waals surface area contributed by atoms with Crippen LogP contribution in [0.15, 0.2) is 29.1 Å². The summed E-state index contributed by atoms with van der Waals surface area (Å²) in [6.07, 6.45) is 1.14. The molecular weight excluding hydrogens is 342 g/mol. The first-order chi connectivity index (χ1) is 13.2. The third-order valence-corrected chi connectivity index (χ3v) is 4.96. The van der Waals surface area contributed by atoms with Gasteiger partial charge in [-0.05, 0) is 37.9 Å².